The first-order valence-corrected chi connectivity index (χ1v) is 11.2. The van der Waals surface area contributed by atoms with Crippen molar-refractivity contribution >= 4 is 32.2 Å². The molecule has 0 radical (unpaired) electrons. The number of aryl methyl sites for hydroxylation is 1. The number of rotatable bonds is 6. The van der Waals surface area contributed by atoms with Gasteiger partial charge in [-0.05, 0) is 36.1 Å². The fourth-order valence-electron chi connectivity index (χ4n) is 2.67. The van der Waals surface area contributed by atoms with Crippen LogP contribution in [0.5, 0.6) is 0 Å². The lowest BCUT2D eigenvalue weighted by Crippen LogP contribution is -2.13. The Morgan fingerprint density at radius 1 is 1.14 bits per heavy atom. The third kappa shape index (κ3) is 4.63. The lowest BCUT2D eigenvalue weighted by atomic mass is 10.0. The summed E-state index contributed by atoms with van der Waals surface area (Å²) in [6.07, 6.45) is 1.52. The van der Waals surface area contributed by atoms with Gasteiger partial charge in [-0.1, -0.05) is 55.5 Å². The molecule has 0 aliphatic heterocycles. The average Bonchev–Trinajstić information content (AvgIpc) is 3.03. The van der Waals surface area contributed by atoms with Gasteiger partial charge in [0.05, 0.1) is 11.4 Å². The van der Waals surface area contributed by atoms with Crippen molar-refractivity contribution < 1.29 is 13.2 Å². The van der Waals surface area contributed by atoms with Crippen molar-refractivity contribution in [3.05, 3.63) is 71.2 Å². The molecule has 28 heavy (non-hydrogen) atoms. The van der Waals surface area contributed by atoms with E-state index >= 15 is 0 Å². The van der Waals surface area contributed by atoms with E-state index in [1.54, 1.807) is 25.1 Å². The molecule has 0 saturated heterocycles. The fraction of sp³-hybridized carbons (Fsp3) is 0.250. The van der Waals surface area contributed by atoms with E-state index in [1.807, 2.05) is 24.3 Å². The summed E-state index contributed by atoms with van der Waals surface area (Å²) in [7, 11) is -3.57. The van der Waals surface area contributed by atoms with Gasteiger partial charge < -0.3 is 0 Å². The van der Waals surface area contributed by atoms with Crippen LogP contribution in [0.2, 0.25) is 0 Å². The van der Waals surface area contributed by atoms with Gasteiger partial charge in [0.1, 0.15) is 9.90 Å². The summed E-state index contributed by atoms with van der Waals surface area (Å²) in [6.45, 7) is 5.81. The van der Waals surface area contributed by atoms with Crippen LogP contribution in [0.4, 0.5) is 5.13 Å². The quantitative estimate of drug-likeness (QED) is 0.652. The van der Waals surface area contributed by atoms with E-state index in [-0.39, 0.29) is 20.8 Å². The first-order valence-electron chi connectivity index (χ1n) is 8.77. The second-order valence-corrected chi connectivity index (χ2v) is 9.90. The van der Waals surface area contributed by atoms with Crippen molar-refractivity contribution in [3.8, 4) is 0 Å². The van der Waals surface area contributed by atoms with Crippen LogP contribution in [0.25, 0.3) is 0 Å². The molecule has 2 heterocycles. The first-order chi connectivity index (χ1) is 13.3. The predicted octanol–water partition coefficient (Wildman–Crippen LogP) is 4.20. The van der Waals surface area contributed by atoms with Crippen LogP contribution in [0.3, 0.4) is 0 Å². The van der Waals surface area contributed by atoms with Gasteiger partial charge in [-0.2, -0.15) is 0 Å². The third-order valence-electron chi connectivity index (χ3n) is 4.16. The Kier molecular flexibility index (Phi) is 5.90. The molecule has 0 unspecified atom stereocenters. The van der Waals surface area contributed by atoms with Gasteiger partial charge in [-0.25, -0.2) is 13.4 Å². The van der Waals surface area contributed by atoms with Gasteiger partial charge in [0.15, 0.2) is 15.0 Å². The second kappa shape index (κ2) is 8.20. The van der Waals surface area contributed by atoms with E-state index in [1.165, 1.54) is 6.20 Å². The van der Waals surface area contributed by atoms with Gasteiger partial charge in [-0.3, -0.25) is 15.1 Å². The van der Waals surface area contributed by atoms with Crippen LogP contribution in [0.15, 0.2) is 52.9 Å². The predicted molar refractivity (Wildman–Crippen MR) is 110 cm³/mol. The number of aromatic nitrogens is 2. The Balaban J connectivity index is 1.78. The van der Waals surface area contributed by atoms with Gasteiger partial charge in [-0.15, -0.1) is 0 Å². The van der Waals surface area contributed by atoms with Crippen LogP contribution in [-0.4, -0.2) is 24.3 Å². The molecule has 0 atom stereocenters. The number of hydrogen-bond donors (Lipinski definition) is 1. The molecule has 2 aromatic heterocycles. The first kappa shape index (κ1) is 20.2. The fourth-order valence-corrected chi connectivity index (χ4v) is 5.54. The third-order valence-corrected chi connectivity index (χ3v) is 7.61. The molecule has 0 spiro atoms. The van der Waals surface area contributed by atoms with Gasteiger partial charge >= 0.3 is 0 Å². The van der Waals surface area contributed by atoms with Gasteiger partial charge in [0.25, 0.3) is 5.91 Å². The Labute approximate surface area is 168 Å². The van der Waals surface area contributed by atoms with Crippen LogP contribution in [-0.2, 0) is 15.6 Å². The summed E-state index contributed by atoms with van der Waals surface area (Å²) < 4.78 is 25.9. The Morgan fingerprint density at radius 2 is 1.86 bits per heavy atom. The van der Waals surface area contributed by atoms with Crippen molar-refractivity contribution in [2.24, 2.45) is 0 Å². The molecule has 146 valence electrons. The molecule has 3 rings (SSSR count). The zero-order chi connectivity index (χ0) is 20.3. The molecule has 1 N–H and O–H groups in total. The maximum absolute atomic E-state index is 12.9. The molecular weight excluding hydrogens is 394 g/mol. The number of anilines is 1. The normalized spacial score (nSPS) is 11.6. The summed E-state index contributed by atoms with van der Waals surface area (Å²) in [5.74, 6) is -0.149. The number of amides is 1. The summed E-state index contributed by atoms with van der Waals surface area (Å²) in [6, 6.07) is 12.6. The maximum atomic E-state index is 12.9. The number of sulfone groups is 1. The molecule has 8 heteroatoms. The molecular formula is C20H21N3O3S2. The van der Waals surface area contributed by atoms with Crippen molar-refractivity contribution in [2.45, 2.75) is 36.7 Å². The standard InChI is InChI=1S/C20H21N3O3S2/c1-13(2)16-9-7-15(8-10-16)12-28(25,26)19-14(3)22-20(27-19)23-18(24)17-6-4-5-11-21-17/h4-11,13H,12H2,1-3H3,(H,22,23,24). The highest BCUT2D eigenvalue weighted by atomic mass is 32.2. The van der Waals surface area contributed by atoms with Gasteiger partial charge in [0, 0.05) is 6.20 Å². The maximum Gasteiger partial charge on any atom is 0.276 e. The average molecular weight is 416 g/mol. The molecule has 3 aromatic rings. The number of benzene rings is 1. The second-order valence-electron chi connectivity index (χ2n) is 6.72. The number of carbonyl (C=O) groups is 1. The Hall–Kier alpha value is -2.58. The van der Waals surface area contributed by atoms with Crippen LogP contribution in [0.1, 0.15) is 47.1 Å². The molecule has 0 aliphatic rings. The van der Waals surface area contributed by atoms with E-state index in [0.29, 0.717) is 11.6 Å². The number of thiazole rings is 1. The van der Waals surface area contributed by atoms with Crippen molar-refractivity contribution in [1.29, 1.82) is 0 Å². The number of hydrogen-bond acceptors (Lipinski definition) is 6. The summed E-state index contributed by atoms with van der Waals surface area (Å²) in [5.41, 5.74) is 2.50. The zero-order valence-electron chi connectivity index (χ0n) is 15.8. The summed E-state index contributed by atoms with van der Waals surface area (Å²) in [4.78, 5) is 20.4. The van der Waals surface area contributed by atoms with E-state index in [4.69, 9.17) is 0 Å². The van der Waals surface area contributed by atoms with Crippen LogP contribution in [0, 0.1) is 6.92 Å². The summed E-state index contributed by atoms with van der Waals surface area (Å²) in [5, 5.41) is 2.85. The highest BCUT2D eigenvalue weighted by molar-refractivity contribution is 7.92. The largest absolute Gasteiger partial charge is 0.296 e. The zero-order valence-corrected chi connectivity index (χ0v) is 17.5. The molecule has 1 aromatic carbocycles. The number of nitrogens with zero attached hydrogens (tertiary/aromatic N) is 2. The Bertz CT molecular complexity index is 1070. The van der Waals surface area contributed by atoms with E-state index < -0.39 is 15.7 Å². The lowest BCUT2D eigenvalue weighted by Gasteiger charge is -2.07. The highest BCUT2D eigenvalue weighted by Crippen LogP contribution is 2.30. The van der Waals surface area contributed by atoms with Crippen molar-refractivity contribution in [1.82, 2.24) is 9.97 Å². The SMILES string of the molecule is Cc1nc(NC(=O)c2ccccn2)sc1S(=O)(=O)Cc1ccc(C(C)C)cc1. The Morgan fingerprint density at radius 3 is 2.46 bits per heavy atom. The highest BCUT2D eigenvalue weighted by Gasteiger charge is 2.23. The molecule has 0 bridgehead atoms. The van der Waals surface area contributed by atoms with Crippen LogP contribution >= 0.6 is 11.3 Å². The molecule has 0 aliphatic carbocycles. The van der Waals surface area contributed by atoms with Crippen LogP contribution < -0.4 is 5.32 Å². The minimum atomic E-state index is -3.57. The molecule has 6 nitrogen and oxygen atoms in total. The monoisotopic (exact) mass is 415 g/mol. The number of nitrogens with one attached hydrogen (secondary N) is 1. The van der Waals surface area contributed by atoms with E-state index in [9.17, 15) is 13.2 Å². The summed E-state index contributed by atoms with van der Waals surface area (Å²) >= 11 is 0.958. The van der Waals surface area contributed by atoms with E-state index in [0.717, 1.165) is 22.5 Å². The lowest BCUT2D eigenvalue weighted by molar-refractivity contribution is 0.102. The smallest absolute Gasteiger partial charge is 0.276 e. The number of pyridine rings is 1. The minimum Gasteiger partial charge on any atom is -0.296 e. The number of carbonyl (C=O) groups excluding carboxylic acids is 1. The van der Waals surface area contributed by atoms with Gasteiger partial charge in [0.2, 0.25) is 0 Å². The van der Waals surface area contributed by atoms with E-state index in [2.05, 4.69) is 29.1 Å². The van der Waals surface area contributed by atoms with Crippen molar-refractivity contribution in [3.63, 3.8) is 0 Å². The molecule has 0 saturated carbocycles. The topological polar surface area (TPSA) is 89.0 Å². The molecule has 0 fully saturated rings. The van der Waals surface area contributed by atoms with Crippen molar-refractivity contribution in [2.75, 3.05) is 5.32 Å². The minimum absolute atomic E-state index is 0.109. The molecule has 1 amide bonds.